The highest BCUT2D eigenvalue weighted by atomic mass is 16.6. The highest BCUT2D eigenvalue weighted by molar-refractivity contribution is 5.96. The molecule has 0 spiro atoms. The summed E-state index contributed by atoms with van der Waals surface area (Å²) in [6.07, 6.45) is 2.45. The predicted octanol–water partition coefficient (Wildman–Crippen LogP) is 6.52. The van der Waals surface area contributed by atoms with Gasteiger partial charge < -0.3 is 30.3 Å². The van der Waals surface area contributed by atoms with Gasteiger partial charge in [-0.3, -0.25) is 24.1 Å². The first-order valence-electron chi connectivity index (χ1n) is 22.7. The minimum atomic E-state index is -1.10. The molecular weight excluding hydrogens is 799 g/mol. The summed E-state index contributed by atoms with van der Waals surface area (Å²) in [5.74, 6) is -2.91. The van der Waals surface area contributed by atoms with E-state index in [1.54, 1.807) is 20.8 Å². The maximum absolute atomic E-state index is 14.4. The van der Waals surface area contributed by atoms with Gasteiger partial charge in [0, 0.05) is 25.4 Å². The molecule has 2 saturated heterocycles. The molecule has 0 aromatic heterocycles. The van der Waals surface area contributed by atoms with E-state index in [9.17, 15) is 28.8 Å². The van der Waals surface area contributed by atoms with Crippen molar-refractivity contribution in [3.8, 4) is 11.1 Å². The van der Waals surface area contributed by atoms with Crippen molar-refractivity contribution >= 4 is 35.7 Å². The minimum Gasteiger partial charge on any atom is -0.458 e. The van der Waals surface area contributed by atoms with Crippen LogP contribution in [0.5, 0.6) is 0 Å². The number of nitrogens with one attached hydrogen (secondary N) is 3. The first-order chi connectivity index (χ1) is 30.1. The molecule has 2 heterocycles. The lowest BCUT2D eigenvalue weighted by Crippen LogP contribution is -2.60. The first-order valence-corrected chi connectivity index (χ1v) is 22.7. The maximum Gasteiger partial charge on any atom is 0.410 e. The standard InChI is InChI=1S/C50H65N5O8/c1-8-32(4)43(46(58)52-40(28-31(2)3)47(59)54-26-17-25-42(54)48(60)63-50(5,6)7)53-44(56)39(29-33-18-10-9-11-19-33)51-45(57)41-24-16-27-55(41)49(61)62-30-38-36-22-14-12-20-34(36)35-21-13-15-23-37(35)38/h9-15,18-23,31-32,38-43H,8,16-17,24-30H2,1-7H3,(H,51,57)(H,52,58)(H,53,56)/t32-,39-,40-,41-,42-,43-/m0/s1. The zero-order valence-electron chi connectivity index (χ0n) is 37.9. The number of hydrogen-bond donors (Lipinski definition) is 3. The van der Waals surface area contributed by atoms with Crippen LogP contribution < -0.4 is 16.0 Å². The Morgan fingerprint density at radius 2 is 1.30 bits per heavy atom. The Hall–Kier alpha value is -5.72. The van der Waals surface area contributed by atoms with Gasteiger partial charge in [-0.25, -0.2) is 9.59 Å². The molecule has 338 valence electrons. The van der Waals surface area contributed by atoms with Crippen LogP contribution in [0.1, 0.15) is 110 Å². The molecule has 2 fully saturated rings. The van der Waals surface area contributed by atoms with Gasteiger partial charge in [-0.2, -0.15) is 0 Å². The Kier molecular flexibility index (Phi) is 15.3. The van der Waals surface area contributed by atoms with Crippen LogP contribution in [0.15, 0.2) is 78.9 Å². The van der Waals surface area contributed by atoms with E-state index < -0.39 is 65.6 Å². The second kappa shape index (κ2) is 20.6. The van der Waals surface area contributed by atoms with Gasteiger partial charge >= 0.3 is 12.1 Å². The summed E-state index contributed by atoms with van der Waals surface area (Å²) in [6, 6.07) is 20.7. The molecule has 3 aromatic rings. The Labute approximate surface area is 372 Å². The molecule has 5 amide bonds. The number of benzene rings is 3. The van der Waals surface area contributed by atoms with E-state index >= 15 is 0 Å². The van der Waals surface area contributed by atoms with Crippen LogP contribution in [0.25, 0.3) is 11.1 Å². The Morgan fingerprint density at radius 1 is 0.714 bits per heavy atom. The van der Waals surface area contributed by atoms with Crippen molar-refractivity contribution in [3.63, 3.8) is 0 Å². The molecule has 0 radical (unpaired) electrons. The topological polar surface area (TPSA) is 163 Å². The molecule has 1 aliphatic carbocycles. The normalized spacial score (nSPS) is 19.0. The Bertz CT molecular complexity index is 2070. The average molecular weight is 864 g/mol. The minimum absolute atomic E-state index is 0.0208. The summed E-state index contributed by atoms with van der Waals surface area (Å²) in [5, 5.41) is 8.82. The van der Waals surface area contributed by atoms with Gasteiger partial charge in [0.25, 0.3) is 0 Å². The van der Waals surface area contributed by atoms with E-state index in [1.807, 2.05) is 82.3 Å². The number of ether oxygens (including phenoxy) is 2. The smallest absolute Gasteiger partial charge is 0.410 e. The molecule has 0 unspecified atom stereocenters. The summed E-state index contributed by atoms with van der Waals surface area (Å²) in [7, 11) is 0. The van der Waals surface area contributed by atoms with Gasteiger partial charge in [-0.15, -0.1) is 0 Å². The Morgan fingerprint density at radius 3 is 1.90 bits per heavy atom. The third-order valence-electron chi connectivity index (χ3n) is 12.4. The second-order valence-corrected chi connectivity index (χ2v) is 18.7. The number of likely N-dealkylation sites (tertiary alicyclic amines) is 2. The lowest BCUT2D eigenvalue weighted by atomic mass is 9.95. The van der Waals surface area contributed by atoms with Crippen molar-refractivity contribution in [2.45, 2.75) is 135 Å². The number of amides is 5. The molecule has 3 N–H and O–H groups in total. The molecule has 13 nitrogen and oxygen atoms in total. The van der Waals surface area contributed by atoms with E-state index in [1.165, 1.54) is 9.80 Å². The first kappa shape index (κ1) is 46.8. The molecule has 6 atom stereocenters. The third-order valence-corrected chi connectivity index (χ3v) is 12.4. The fourth-order valence-corrected chi connectivity index (χ4v) is 9.02. The SMILES string of the molecule is CC[C@H](C)[C@H](NC(=O)[C@H](Cc1ccccc1)NC(=O)[C@@H]1CCCN1C(=O)OCC1c2ccccc2-c2ccccc21)C(=O)N[C@@H](CC(C)C)C(=O)N1CCC[C@H]1C(=O)OC(C)(C)C. The zero-order chi connectivity index (χ0) is 45.4. The van der Waals surface area contributed by atoms with Crippen molar-refractivity contribution < 1.29 is 38.2 Å². The monoisotopic (exact) mass is 863 g/mol. The van der Waals surface area contributed by atoms with E-state index in [0.29, 0.717) is 51.6 Å². The summed E-state index contributed by atoms with van der Waals surface area (Å²) < 4.78 is 11.6. The van der Waals surface area contributed by atoms with Crippen LogP contribution in [0, 0.1) is 11.8 Å². The zero-order valence-corrected chi connectivity index (χ0v) is 37.9. The van der Waals surface area contributed by atoms with Crippen molar-refractivity contribution in [1.82, 2.24) is 25.8 Å². The summed E-state index contributed by atoms with van der Waals surface area (Å²) in [5.41, 5.74) is 4.46. The van der Waals surface area contributed by atoms with Crippen molar-refractivity contribution in [3.05, 3.63) is 95.6 Å². The number of fused-ring (bicyclic) bond motifs is 3. The molecule has 13 heteroatoms. The van der Waals surface area contributed by atoms with Crippen LogP contribution in [0.2, 0.25) is 0 Å². The van der Waals surface area contributed by atoms with Crippen LogP contribution in [0.3, 0.4) is 0 Å². The van der Waals surface area contributed by atoms with E-state index in [2.05, 4.69) is 40.2 Å². The average Bonchev–Trinajstić information content (AvgIpc) is 4.02. The number of esters is 1. The molecule has 0 bridgehead atoms. The Balaban J connectivity index is 1.15. The number of hydrogen-bond acceptors (Lipinski definition) is 8. The number of carbonyl (C=O) groups excluding carboxylic acids is 6. The largest absolute Gasteiger partial charge is 0.458 e. The van der Waals surface area contributed by atoms with Gasteiger partial charge in [-0.1, -0.05) is 113 Å². The number of carbonyl (C=O) groups is 6. The van der Waals surface area contributed by atoms with Gasteiger partial charge in [0.2, 0.25) is 23.6 Å². The van der Waals surface area contributed by atoms with Gasteiger partial charge in [0.15, 0.2) is 0 Å². The quantitative estimate of drug-likeness (QED) is 0.137. The fraction of sp³-hybridized carbons (Fsp3) is 0.520. The number of nitrogens with zero attached hydrogens (tertiary/aromatic N) is 2. The highest BCUT2D eigenvalue weighted by Gasteiger charge is 2.42. The van der Waals surface area contributed by atoms with E-state index in [4.69, 9.17) is 9.47 Å². The van der Waals surface area contributed by atoms with Crippen molar-refractivity contribution in [1.29, 1.82) is 0 Å². The van der Waals surface area contributed by atoms with E-state index in [0.717, 1.165) is 27.8 Å². The lowest BCUT2D eigenvalue weighted by Gasteiger charge is -2.32. The van der Waals surface area contributed by atoms with Crippen LogP contribution in [-0.2, 0) is 39.9 Å². The highest BCUT2D eigenvalue weighted by Crippen LogP contribution is 2.44. The second-order valence-electron chi connectivity index (χ2n) is 18.7. The van der Waals surface area contributed by atoms with Crippen LogP contribution >= 0.6 is 0 Å². The number of rotatable bonds is 16. The predicted molar refractivity (Wildman–Crippen MR) is 240 cm³/mol. The van der Waals surface area contributed by atoms with Gasteiger partial charge in [0.1, 0.15) is 42.4 Å². The van der Waals surface area contributed by atoms with Crippen molar-refractivity contribution in [2.24, 2.45) is 11.8 Å². The summed E-state index contributed by atoms with van der Waals surface area (Å²) >= 11 is 0. The fourth-order valence-electron chi connectivity index (χ4n) is 9.02. The van der Waals surface area contributed by atoms with Crippen molar-refractivity contribution in [2.75, 3.05) is 19.7 Å². The molecule has 0 saturated carbocycles. The molecule has 3 aliphatic rings. The maximum atomic E-state index is 14.4. The van der Waals surface area contributed by atoms with Crippen LogP contribution in [0.4, 0.5) is 4.79 Å². The molecular formula is C50H65N5O8. The van der Waals surface area contributed by atoms with Crippen LogP contribution in [-0.4, -0.2) is 101 Å². The molecule has 3 aromatic carbocycles. The van der Waals surface area contributed by atoms with Gasteiger partial charge in [-0.05, 0) is 92.5 Å². The summed E-state index contributed by atoms with van der Waals surface area (Å²) in [4.78, 5) is 86.8. The third kappa shape index (κ3) is 11.5. The lowest BCUT2D eigenvalue weighted by molar-refractivity contribution is -0.163. The molecule has 6 rings (SSSR count). The van der Waals surface area contributed by atoms with E-state index in [-0.39, 0.29) is 36.7 Å². The van der Waals surface area contributed by atoms with Gasteiger partial charge in [0.05, 0.1) is 0 Å². The molecule has 2 aliphatic heterocycles. The molecule has 63 heavy (non-hydrogen) atoms. The summed E-state index contributed by atoms with van der Waals surface area (Å²) in [6.45, 7) is 13.8.